The maximum absolute atomic E-state index is 9.08. The molecule has 0 aliphatic rings. The van der Waals surface area contributed by atoms with Gasteiger partial charge in [-0.3, -0.25) is 0 Å². The van der Waals surface area contributed by atoms with Crippen molar-refractivity contribution in [3.63, 3.8) is 0 Å². The summed E-state index contributed by atoms with van der Waals surface area (Å²) >= 11 is 7.09. The van der Waals surface area contributed by atoms with E-state index in [2.05, 4.69) is 236 Å². The average Bonchev–Trinajstić information content (AvgIpc) is 2.40. The van der Waals surface area contributed by atoms with Crippen molar-refractivity contribution >= 4 is 91.3 Å². The van der Waals surface area contributed by atoms with E-state index in [1.54, 1.807) is 6.07 Å². The van der Waals surface area contributed by atoms with Gasteiger partial charge in [0.1, 0.15) is 0 Å². The lowest BCUT2D eigenvalue weighted by atomic mass is 9.77. The SMILES string of the molecule is Brc1cccc(-c2cc(-c3cccc(Br)c3)nc(-c3ccccc3)n2)c1.Cc1ccccc1P.OB(O)c1cccc2ccccc12.c1ccc(-c2nc(-c3cccc(-c4cccc5ccccc45)c3)cc(-c3cccc(-c4cccc5ccccc45)c3)n2)cc1. The van der Waals surface area contributed by atoms with Gasteiger partial charge in [-0.05, 0) is 126 Å². The Kier molecular flexibility index (Phi) is 19.7. The van der Waals surface area contributed by atoms with Gasteiger partial charge >= 0.3 is 7.12 Å². The summed E-state index contributed by atoms with van der Waals surface area (Å²) in [5, 5.41) is 26.3. The van der Waals surface area contributed by atoms with Crippen LogP contribution >= 0.6 is 41.1 Å². The molecule has 438 valence electrons. The molecule has 0 aliphatic heterocycles. The summed E-state index contributed by atoms with van der Waals surface area (Å²) in [4.78, 5) is 19.9. The van der Waals surface area contributed by atoms with Crippen LogP contribution in [0.2, 0.25) is 0 Å². The number of nitrogens with zero attached hydrogens (tertiary/aromatic N) is 4. The van der Waals surface area contributed by atoms with Crippen molar-refractivity contribution in [3.05, 3.63) is 336 Å². The van der Waals surface area contributed by atoms with Gasteiger partial charge in [0.15, 0.2) is 11.6 Å². The zero-order chi connectivity index (χ0) is 62.5. The second-order valence-electron chi connectivity index (χ2n) is 21.7. The Bertz CT molecular complexity index is 4770. The minimum Gasteiger partial charge on any atom is -0.423 e. The van der Waals surface area contributed by atoms with E-state index in [1.165, 1.54) is 54.7 Å². The third-order valence-corrected chi connectivity index (χ3v) is 17.2. The first kappa shape index (κ1) is 61.4. The molecule has 2 heterocycles. The fraction of sp³-hybridized carbons (Fsp3) is 0.0123. The molecule has 6 nitrogen and oxygen atoms in total. The Morgan fingerprint density at radius 3 is 1.02 bits per heavy atom. The highest BCUT2D eigenvalue weighted by Crippen LogP contribution is 2.36. The second kappa shape index (κ2) is 29.2. The summed E-state index contributed by atoms with van der Waals surface area (Å²) < 4.78 is 2.05. The van der Waals surface area contributed by atoms with Crippen LogP contribution in [0.4, 0.5) is 0 Å². The lowest BCUT2D eigenvalue weighted by Gasteiger charge is -2.13. The third-order valence-electron chi connectivity index (χ3n) is 15.6. The van der Waals surface area contributed by atoms with Crippen LogP contribution in [0.5, 0.6) is 0 Å². The van der Waals surface area contributed by atoms with E-state index in [4.69, 9.17) is 30.0 Å². The number of halogens is 2. The van der Waals surface area contributed by atoms with Crippen molar-refractivity contribution in [1.29, 1.82) is 0 Å². The molecular formula is C81H60BBr2N4O2P. The van der Waals surface area contributed by atoms with Crippen molar-refractivity contribution in [3.8, 4) is 90.1 Å². The topological polar surface area (TPSA) is 92.0 Å². The van der Waals surface area contributed by atoms with Gasteiger partial charge in [-0.1, -0.05) is 305 Å². The molecule has 13 aromatic carbocycles. The quantitative estimate of drug-likeness (QED) is 0.111. The first-order chi connectivity index (χ1) is 44.6. The summed E-state index contributed by atoms with van der Waals surface area (Å²) in [7, 11) is 1.29. The highest BCUT2D eigenvalue weighted by molar-refractivity contribution is 9.10. The number of benzene rings is 13. The molecule has 91 heavy (non-hydrogen) atoms. The van der Waals surface area contributed by atoms with Crippen molar-refractivity contribution in [2.24, 2.45) is 0 Å². The molecule has 0 aliphatic carbocycles. The molecule has 0 amide bonds. The van der Waals surface area contributed by atoms with Crippen molar-refractivity contribution in [1.82, 2.24) is 19.9 Å². The van der Waals surface area contributed by atoms with E-state index in [-0.39, 0.29) is 0 Å². The molecule has 15 rings (SSSR count). The normalized spacial score (nSPS) is 10.7. The van der Waals surface area contributed by atoms with E-state index >= 15 is 0 Å². The first-order valence-corrected chi connectivity index (χ1v) is 32.0. The molecule has 0 saturated carbocycles. The number of hydrogen-bond donors (Lipinski definition) is 2. The van der Waals surface area contributed by atoms with Crippen LogP contribution in [0.3, 0.4) is 0 Å². The summed E-state index contributed by atoms with van der Waals surface area (Å²) in [5.41, 5.74) is 16.4. The van der Waals surface area contributed by atoms with Crippen LogP contribution in [0.15, 0.2) is 330 Å². The third kappa shape index (κ3) is 15.1. The maximum atomic E-state index is 9.08. The van der Waals surface area contributed by atoms with Gasteiger partial charge in [0, 0.05) is 42.3 Å². The summed E-state index contributed by atoms with van der Waals surface area (Å²) in [6.45, 7) is 2.10. The molecule has 0 spiro atoms. The Hall–Kier alpha value is -9.83. The van der Waals surface area contributed by atoms with Crippen molar-refractivity contribution < 1.29 is 10.0 Å². The molecule has 2 aromatic heterocycles. The summed E-state index contributed by atoms with van der Waals surface area (Å²) in [5.74, 6) is 1.43. The van der Waals surface area contributed by atoms with E-state index < -0.39 is 7.12 Å². The fourth-order valence-corrected chi connectivity index (χ4v) is 11.9. The van der Waals surface area contributed by atoms with Crippen LogP contribution in [0, 0.1) is 6.92 Å². The van der Waals surface area contributed by atoms with Crippen LogP contribution in [0.25, 0.3) is 122 Å². The Morgan fingerprint density at radius 1 is 0.297 bits per heavy atom. The van der Waals surface area contributed by atoms with Crippen molar-refractivity contribution in [2.75, 3.05) is 0 Å². The highest BCUT2D eigenvalue weighted by Gasteiger charge is 2.16. The fourth-order valence-electron chi connectivity index (χ4n) is 10.9. The molecule has 2 N–H and O–H groups in total. The molecule has 10 heteroatoms. The van der Waals surface area contributed by atoms with Gasteiger partial charge in [-0.2, -0.15) is 0 Å². The number of aromatic nitrogens is 4. The first-order valence-electron chi connectivity index (χ1n) is 29.8. The zero-order valence-electron chi connectivity index (χ0n) is 49.7. The summed E-state index contributed by atoms with van der Waals surface area (Å²) in [6.07, 6.45) is 0. The minimum atomic E-state index is -1.40. The van der Waals surface area contributed by atoms with Gasteiger partial charge in [0.2, 0.25) is 0 Å². The van der Waals surface area contributed by atoms with Crippen LogP contribution in [0.1, 0.15) is 5.56 Å². The number of rotatable bonds is 9. The second-order valence-corrected chi connectivity index (χ2v) is 24.1. The maximum Gasteiger partial charge on any atom is 0.489 e. The van der Waals surface area contributed by atoms with E-state index in [9.17, 15) is 0 Å². The van der Waals surface area contributed by atoms with Crippen LogP contribution < -0.4 is 10.8 Å². The molecule has 0 bridgehead atoms. The van der Waals surface area contributed by atoms with E-state index in [0.29, 0.717) is 11.3 Å². The number of hydrogen-bond acceptors (Lipinski definition) is 6. The van der Waals surface area contributed by atoms with E-state index in [1.807, 2.05) is 127 Å². The predicted octanol–water partition coefficient (Wildman–Crippen LogP) is 20.1. The molecule has 1 atom stereocenters. The van der Waals surface area contributed by atoms with Gasteiger partial charge in [-0.25, -0.2) is 19.9 Å². The monoisotopic (exact) mass is 1320 g/mol. The summed E-state index contributed by atoms with van der Waals surface area (Å²) in [6, 6.07) is 110. The molecule has 15 aromatic rings. The number of fused-ring (bicyclic) bond motifs is 3. The Labute approximate surface area is 550 Å². The lowest BCUT2D eigenvalue weighted by Crippen LogP contribution is -2.30. The average molecular weight is 1320 g/mol. The van der Waals surface area contributed by atoms with E-state index in [0.717, 1.165) is 81.7 Å². The largest absolute Gasteiger partial charge is 0.489 e. The van der Waals surface area contributed by atoms with Gasteiger partial charge in [0.05, 0.1) is 22.8 Å². The van der Waals surface area contributed by atoms with Crippen LogP contribution in [-0.4, -0.2) is 37.1 Å². The molecule has 0 saturated heterocycles. The molecular weight excluding hydrogens is 1260 g/mol. The smallest absolute Gasteiger partial charge is 0.423 e. The zero-order valence-corrected chi connectivity index (χ0v) is 54.0. The van der Waals surface area contributed by atoms with Gasteiger partial charge in [-0.15, -0.1) is 9.24 Å². The van der Waals surface area contributed by atoms with Gasteiger partial charge < -0.3 is 10.0 Å². The van der Waals surface area contributed by atoms with Crippen LogP contribution in [-0.2, 0) is 0 Å². The lowest BCUT2D eigenvalue weighted by molar-refractivity contribution is 0.426. The molecule has 0 fully saturated rings. The minimum absolute atomic E-state index is 0.554. The molecule has 1 unspecified atom stereocenters. The Balaban J connectivity index is 0.000000142. The highest BCUT2D eigenvalue weighted by atomic mass is 79.9. The number of aryl methyl sites for hydroxylation is 1. The predicted molar refractivity (Wildman–Crippen MR) is 392 cm³/mol. The molecule has 0 radical (unpaired) electrons. The standard InChI is InChI=1S/C42H28N2.C22H14Br2N2.C10H9BO2.C7H9P/c1-2-14-31(15-3-1)42-43-40(34-20-8-18-32(26-34)38-24-10-16-29-12-4-6-22-36(29)38)28-41(44-42)35-21-9-19-33(27-35)39-25-11-17-30-13-5-7-23-37(30)39;23-18-10-4-8-16(12-18)20-14-21(17-9-5-11-19(24)13-17)26-22(25-20)15-6-2-1-3-7-15;12-11(13)10-7-3-5-8-4-1-2-6-9(8)10;1-6-4-2-3-5-7(6)8/h1-28H;1-14H;1-7,12-13H;2-5H,8H2,1H3. The van der Waals surface area contributed by atoms with Crippen molar-refractivity contribution in [2.45, 2.75) is 6.92 Å². The Morgan fingerprint density at radius 2 is 0.615 bits per heavy atom. The van der Waals surface area contributed by atoms with Gasteiger partial charge in [0.25, 0.3) is 0 Å².